The van der Waals surface area contributed by atoms with Crippen LogP contribution in [0.3, 0.4) is 0 Å². The average Bonchev–Trinajstić information content (AvgIpc) is 3.55. The summed E-state index contributed by atoms with van der Waals surface area (Å²) in [6.45, 7) is 4.48. The van der Waals surface area contributed by atoms with E-state index in [9.17, 15) is 9.59 Å². The Labute approximate surface area is 198 Å². The lowest BCUT2D eigenvalue weighted by Crippen LogP contribution is -2.36. The molecule has 4 rings (SSSR count). The first-order valence-corrected chi connectivity index (χ1v) is 12.2. The molecule has 2 heterocycles. The van der Waals surface area contributed by atoms with Crippen molar-refractivity contribution in [2.75, 3.05) is 30.7 Å². The zero-order valence-electron chi connectivity index (χ0n) is 18.8. The molecule has 1 atom stereocenters. The van der Waals surface area contributed by atoms with Crippen molar-refractivity contribution >= 4 is 29.3 Å². The Morgan fingerprint density at radius 2 is 1.79 bits per heavy atom. The van der Waals surface area contributed by atoms with E-state index in [1.54, 1.807) is 12.3 Å². The number of likely N-dealkylation sites (tertiary alicyclic amines) is 1. The van der Waals surface area contributed by atoms with Crippen molar-refractivity contribution < 1.29 is 14.0 Å². The van der Waals surface area contributed by atoms with Crippen molar-refractivity contribution in [3.63, 3.8) is 0 Å². The van der Waals surface area contributed by atoms with Gasteiger partial charge in [-0.2, -0.15) is 0 Å². The van der Waals surface area contributed by atoms with Crippen molar-refractivity contribution in [3.8, 4) is 0 Å². The molecule has 6 nitrogen and oxygen atoms in total. The zero-order valence-corrected chi connectivity index (χ0v) is 19.6. The van der Waals surface area contributed by atoms with E-state index in [-0.39, 0.29) is 23.6 Å². The largest absolute Gasteiger partial charge is 0.468 e. The standard InChI is InChI=1S/C26H29N3O3S/c1-19-10-12-20(13-11-19)28-25(30)18-33-24-9-3-2-7-21(24)26(31)27-17-22(23-8-6-16-32-23)29-14-4-5-15-29/h2-3,6-13,16,22H,4-5,14-15,17-18H2,1H3,(H,27,31)(H,28,30). The second-order valence-electron chi connectivity index (χ2n) is 8.18. The molecule has 172 valence electrons. The molecule has 1 aromatic heterocycles. The Bertz CT molecular complexity index is 1060. The van der Waals surface area contributed by atoms with E-state index in [1.807, 2.05) is 61.5 Å². The smallest absolute Gasteiger partial charge is 0.252 e. The van der Waals surface area contributed by atoms with Crippen LogP contribution in [-0.4, -0.2) is 42.1 Å². The first-order valence-electron chi connectivity index (χ1n) is 11.2. The number of thioether (sulfide) groups is 1. The molecule has 2 amide bonds. The molecule has 0 bridgehead atoms. The first kappa shape index (κ1) is 23.1. The fourth-order valence-corrected chi connectivity index (χ4v) is 4.84. The summed E-state index contributed by atoms with van der Waals surface area (Å²) in [5.74, 6) is 0.840. The molecule has 3 aromatic rings. The lowest BCUT2D eigenvalue weighted by molar-refractivity contribution is -0.113. The number of benzene rings is 2. The Hall–Kier alpha value is -3.03. The maximum absolute atomic E-state index is 13.0. The van der Waals surface area contributed by atoms with Gasteiger partial charge in [0, 0.05) is 17.1 Å². The molecule has 33 heavy (non-hydrogen) atoms. The van der Waals surface area contributed by atoms with Gasteiger partial charge in [0.05, 0.1) is 23.6 Å². The number of aryl methyl sites for hydroxylation is 1. The highest BCUT2D eigenvalue weighted by atomic mass is 32.2. The van der Waals surface area contributed by atoms with Gasteiger partial charge >= 0.3 is 0 Å². The van der Waals surface area contributed by atoms with Gasteiger partial charge in [0.25, 0.3) is 5.91 Å². The highest BCUT2D eigenvalue weighted by Gasteiger charge is 2.26. The van der Waals surface area contributed by atoms with E-state index in [0.29, 0.717) is 12.1 Å². The van der Waals surface area contributed by atoms with Gasteiger partial charge < -0.3 is 15.1 Å². The fraction of sp³-hybridized carbons (Fsp3) is 0.308. The molecular weight excluding hydrogens is 434 g/mol. The van der Waals surface area contributed by atoms with Crippen molar-refractivity contribution in [1.82, 2.24) is 10.2 Å². The van der Waals surface area contributed by atoms with Crippen LogP contribution in [0.15, 0.2) is 76.2 Å². The van der Waals surface area contributed by atoms with Crippen molar-refractivity contribution in [3.05, 3.63) is 83.8 Å². The fourth-order valence-electron chi connectivity index (χ4n) is 3.99. The molecule has 1 aliphatic heterocycles. The Kier molecular flexibility index (Phi) is 7.86. The topological polar surface area (TPSA) is 74.6 Å². The molecular formula is C26H29N3O3S. The van der Waals surface area contributed by atoms with Crippen LogP contribution in [-0.2, 0) is 4.79 Å². The molecule has 0 spiro atoms. The monoisotopic (exact) mass is 463 g/mol. The number of rotatable bonds is 9. The van der Waals surface area contributed by atoms with E-state index in [1.165, 1.54) is 11.8 Å². The van der Waals surface area contributed by atoms with E-state index in [4.69, 9.17) is 4.42 Å². The van der Waals surface area contributed by atoms with Crippen LogP contribution in [0.4, 0.5) is 5.69 Å². The number of carbonyl (C=O) groups excluding carboxylic acids is 2. The number of nitrogens with one attached hydrogen (secondary N) is 2. The third-order valence-electron chi connectivity index (χ3n) is 5.73. The molecule has 1 fully saturated rings. The zero-order chi connectivity index (χ0) is 23.0. The number of hydrogen-bond donors (Lipinski definition) is 2. The Morgan fingerprint density at radius 1 is 1.03 bits per heavy atom. The number of amides is 2. The summed E-state index contributed by atoms with van der Waals surface area (Å²) in [4.78, 5) is 28.6. The van der Waals surface area contributed by atoms with Crippen LogP contribution in [0.5, 0.6) is 0 Å². The molecule has 1 aliphatic rings. The van der Waals surface area contributed by atoms with Gasteiger partial charge in [-0.05, 0) is 69.3 Å². The van der Waals surface area contributed by atoms with Crippen LogP contribution >= 0.6 is 11.8 Å². The van der Waals surface area contributed by atoms with Gasteiger partial charge in [-0.3, -0.25) is 14.5 Å². The number of hydrogen-bond acceptors (Lipinski definition) is 5. The Balaban J connectivity index is 1.36. The molecule has 0 aliphatic carbocycles. The van der Waals surface area contributed by atoms with Crippen molar-refractivity contribution in [1.29, 1.82) is 0 Å². The molecule has 7 heteroatoms. The molecule has 1 unspecified atom stereocenters. The lowest BCUT2D eigenvalue weighted by Gasteiger charge is -2.26. The first-order chi connectivity index (χ1) is 16.1. The van der Waals surface area contributed by atoms with E-state index >= 15 is 0 Å². The van der Waals surface area contributed by atoms with Gasteiger partial charge in [0.2, 0.25) is 5.91 Å². The predicted molar refractivity (Wildman–Crippen MR) is 132 cm³/mol. The highest BCUT2D eigenvalue weighted by molar-refractivity contribution is 8.00. The van der Waals surface area contributed by atoms with Gasteiger partial charge in [0.1, 0.15) is 5.76 Å². The minimum Gasteiger partial charge on any atom is -0.468 e. The van der Waals surface area contributed by atoms with Crippen LogP contribution in [0.2, 0.25) is 0 Å². The second-order valence-corrected chi connectivity index (χ2v) is 9.20. The minimum atomic E-state index is -0.146. The van der Waals surface area contributed by atoms with Crippen LogP contribution in [0.25, 0.3) is 0 Å². The molecule has 1 saturated heterocycles. The summed E-state index contributed by atoms with van der Waals surface area (Å²) >= 11 is 1.36. The normalized spacial score (nSPS) is 14.7. The Morgan fingerprint density at radius 3 is 2.52 bits per heavy atom. The van der Waals surface area contributed by atoms with E-state index in [2.05, 4.69) is 15.5 Å². The van der Waals surface area contributed by atoms with Gasteiger partial charge in [-0.25, -0.2) is 0 Å². The predicted octanol–water partition coefficient (Wildman–Crippen LogP) is 4.89. The van der Waals surface area contributed by atoms with Crippen LogP contribution in [0, 0.1) is 6.92 Å². The average molecular weight is 464 g/mol. The summed E-state index contributed by atoms with van der Waals surface area (Å²) in [6, 6.07) is 19.0. The number of carbonyl (C=O) groups is 2. The van der Waals surface area contributed by atoms with Crippen LogP contribution in [0.1, 0.15) is 40.6 Å². The number of furan rings is 1. The van der Waals surface area contributed by atoms with E-state index < -0.39 is 0 Å². The van der Waals surface area contributed by atoms with Crippen LogP contribution < -0.4 is 10.6 Å². The van der Waals surface area contributed by atoms with Gasteiger partial charge in [-0.1, -0.05) is 29.8 Å². The summed E-state index contributed by atoms with van der Waals surface area (Å²) in [7, 11) is 0. The maximum Gasteiger partial charge on any atom is 0.252 e. The molecule has 0 radical (unpaired) electrons. The molecule has 2 aromatic carbocycles. The second kappa shape index (κ2) is 11.2. The van der Waals surface area contributed by atoms with Crippen molar-refractivity contribution in [2.24, 2.45) is 0 Å². The number of nitrogens with zero attached hydrogens (tertiary/aromatic N) is 1. The molecule has 2 N–H and O–H groups in total. The SMILES string of the molecule is Cc1ccc(NC(=O)CSc2ccccc2C(=O)NCC(c2ccco2)N2CCCC2)cc1. The minimum absolute atomic E-state index is 0.0200. The summed E-state index contributed by atoms with van der Waals surface area (Å²) in [5, 5.41) is 5.98. The van der Waals surface area contributed by atoms with Crippen molar-refractivity contribution in [2.45, 2.75) is 30.7 Å². The lowest BCUT2D eigenvalue weighted by atomic mass is 10.1. The third-order valence-corrected chi connectivity index (χ3v) is 6.81. The summed E-state index contributed by atoms with van der Waals surface area (Å²) in [6.07, 6.45) is 4.00. The maximum atomic E-state index is 13.0. The summed E-state index contributed by atoms with van der Waals surface area (Å²) in [5.41, 5.74) is 2.48. The van der Waals surface area contributed by atoms with Gasteiger partial charge in [0.15, 0.2) is 0 Å². The van der Waals surface area contributed by atoms with E-state index in [0.717, 1.165) is 47.8 Å². The quantitative estimate of drug-likeness (QED) is 0.442. The molecule has 0 saturated carbocycles. The highest BCUT2D eigenvalue weighted by Crippen LogP contribution is 2.26. The summed E-state index contributed by atoms with van der Waals surface area (Å²) < 4.78 is 5.65. The third kappa shape index (κ3) is 6.27. The van der Waals surface area contributed by atoms with Gasteiger partial charge in [-0.15, -0.1) is 11.8 Å². The number of anilines is 1.